The van der Waals surface area contributed by atoms with Gasteiger partial charge in [0, 0.05) is 24.8 Å². The Labute approximate surface area is 135 Å². The summed E-state index contributed by atoms with van der Waals surface area (Å²) in [6.07, 6.45) is 4.10. The number of hydrogen-bond acceptors (Lipinski definition) is 2. The fraction of sp³-hybridized carbons (Fsp3) is 0.389. The largest absolute Gasteiger partial charge is 0.357 e. The van der Waals surface area contributed by atoms with Crippen molar-refractivity contribution in [3.8, 4) is 0 Å². The highest BCUT2D eigenvalue weighted by Gasteiger charge is 2.28. The Balaban J connectivity index is 1.62. The van der Waals surface area contributed by atoms with Crippen LogP contribution in [0.3, 0.4) is 0 Å². The average Bonchev–Trinajstić information content (AvgIpc) is 3.24. The van der Waals surface area contributed by atoms with Crippen LogP contribution in [0.25, 0.3) is 0 Å². The number of aromatic amines is 1. The van der Waals surface area contributed by atoms with Crippen LogP contribution in [-0.4, -0.2) is 29.9 Å². The molecule has 23 heavy (non-hydrogen) atoms. The molecule has 1 aromatic carbocycles. The molecule has 0 bridgehead atoms. The number of hydrogen-bond donors (Lipinski definition) is 2. The minimum atomic E-state index is -0.232. The van der Waals surface area contributed by atoms with Gasteiger partial charge in [0.05, 0.1) is 0 Å². The maximum absolute atomic E-state index is 14.0. The molecule has 1 fully saturated rings. The summed E-state index contributed by atoms with van der Waals surface area (Å²) in [7, 11) is 3.81. The summed E-state index contributed by atoms with van der Waals surface area (Å²) in [5, 5.41) is 2.86. The molecule has 4 nitrogen and oxygen atoms in total. The minimum Gasteiger partial charge on any atom is -0.357 e. The third kappa shape index (κ3) is 3.79. The van der Waals surface area contributed by atoms with Gasteiger partial charge in [-0.3, -0.25) is 4.79 Å². The molecule has 0 radical (unpaired) electrons. The van der Waals surface area contributed by atoms with Gasteiger partial charge in [-0.2, -0.15) is 0 Å². The molecule has 122 valence electrons. The van der Waals surface area contributed by atoms with E-state index in [-0.39, 0.29) is 11.7 Å². The summed E-state index contributed by atoms with van der Waals surface area (Å²) in [5.74, 6) is 0.156. The summed E-state index contributed by atoms with van der Waals surface area (Å²) < 4.78 is 14.0. The Morgan fingerprint density at radius 3 is 2.78 bits per heavy atom. The van der Waals surface area contributed by atoms with Crippen LogP contribution in [0, 0.1) is 5.82 Å². The summed E-state index contributed by atoms with van der Waals surface area (Å²) in [4.78, 5) is 17.2. The maximum atomic E-state index is 14.0. The highest BCUT2D eigenvalue weighted by atomic mass is 19.1. The van der Waals surface area contributed by atoms with Crippen LogP contribution >= 0.6 is 0 Å². The molecule has 0 spiro atoms. The summed E-state index contributed by atoms with van der Waals surface area (Å²) >= 11 is 0. The standard InChI is InChI=1S/C18H22FN3O/c1-22(2)11-14-4-3-12(9-16(14)19)10-21-18(23)17-15(7-8-20-17)13-5-6-13/h3-4,7-9,13,20H,5-6,10-11H2,1-2H3,(H,21,23). The minimum absolute atomic E-state index is 0.130. The first-order chi connectivity index (χ1) is 11.0. The van der Waals surface area contributed by atoms with Crippen LogP contribution in [0.4, 0.5) is 4.39 Å². The highest BCUT2D eigenvalue weighted by molar-refractivity contribution is 5.94. The van der Waals surface area contributed by atoms with E-state index in [9.17, 15) is 9.18 Å². The Morgan fingerprint density at radius 2 is 2.13 bits per heavy atom. The first-order valence-electron chi connectivity index (χ1n) is 7.92. The van der Waals surface area contributed by atoms with E-state index in [0.29, 0.717) is 30.3 Å². The molecule has 5 heteroatoms. The van der Waals surface area contributed by atoms with Crippen molar-refractivity contribution in [1.29, 1.82) is 0 Å². The van der Waals surface area contributed by atoms with Gasteiger partial charge in [-0.25, -0.2) is 4.39 Å². The van der Waals surface area contributed by atoms with E-state index in [1.165, 1.54) is 6.07 Å². The number of carbonyl (C=O) groups is 1. The van der Waals surface area contributed by atoms with E-state index in [1.54, 1.807) is 12.3 Å². The van der Waals surface area contributed by atoms with Crippen LogP contribution in [0.2, 0.25) is 0 Å². The van der Waals surface area contributed by atoms with Gasteiger partial charge in [0.15, 0.2) is 0 Å². The fourth-order valence-corrected chi connectivity index (χ4v) is 2.75. The summed E-state index contributed by atoms with van der Waals surface area (Å²) in [6.45, 7) is 0.882. The molecular formula is C18H22FN3O. The topological polar surface area (TPSA) is 48.1 Å². The Bertz CT molecular complexity index is 704. The number of H-pyrrole nitrogens is 1. The number of rotatable bonds is 6. The van der Waals surface area contributed by atoms with E-state index in [2.05, 4.69) is 10.3 Å². The Kier molecular flexibility index (Phi) is 4.48. The lowest BCUT2D eigenvalue weighted by atomic mass is 10.1. The zero-order chi connectivity index (χ0) is 16.4. The van der Waals surface area contributed by atoms with Crippen LogP contribution in [-0.2, 0) is 13.1 Å². The Hall–Kier alpha value is -2.14. The first kappa shape index (κ1) is 15.7. The number of carbonyl (C=O) groups excluding carboxylic acids is 1. The second kappa shape index (κ2) is 6.54. The molecule has 0 atom stereocenters. The number of aromatic nitrogens is 1. The normalized spacial score (nSPS) is 14.3. The van der Waals surface area contributed by atoms with Crippen LogP contribution in [0.1, 0.15) is 45.9 Å². The molecular weight excluding hydrogens is 293 g/mol. The average molecular weight is 315 g/mol. The third-order valence-electron chi connectivity index (χ3n) is 4.08. The van der Waals surface area contributed by atoms with Gasteiger partial charge in [-0.1, -0.05) is 12.1 Å². The zero-order valence-corrected chi connectivity index (χ0v) is 13.5. The quantitative estimate of drug-likeness (QED) is 0.861. The number of nitrogens with one attached hydrogen (secondary N) is 2. The van der Waals surface area contributed by atoms with Gasteiger partial charge >= 0.3 is 0 Å². The monoisotopic (exact) mass is 315 g/mol. The van der Waals surface area contributed by atoms with Crippen molar-refractivity contribution in [2.45, 2.75) is 31.8 Å². The van der Waals surface area contributed by atoms with Gasteiger partial charge in [-0.05, 0) is 56.1 Å². The van der Waals surface area contributed by atoms with E-state index in [1.807, 2.05) is 31.1 Å². The number of amides is 1. The molecule has 1 amide bonds. The smallest absolute Gasteiger partial charge is 0.268 e. The fourth-order valence-electron chi connectivity index (χ4n) is 2.75. The van der Waals surface area contributed by atoms with Crippen LogP contribution < -0.4 is 5.32 Å². The molecule has 1 saturated carbocycles. The number of benzene rings is 1. The molecule has 0 saturated heterocycles. The van der Waals surface area contributed by atoms with Crippen molar-refractivity contribution in [2.75, 3.05) is 14.1 Å². The molecule has 0 aliphatic heterocycles. The lowest BCUT2D eigenvalue weighted by Crippen LogP contribution is -2.24. The molecule has 1 heterocycles. The first-order valence-corrected chi connectivity index (χ1v) is 7.92. The lowest BCUT2D eigenvalue weighted by molar-refractivity contribution is 0.0945. The molecule has 1 aromatic heterocycles. The van der Waals surface area contributed by atoms with Crippen molar-refractivity contribution in [2.24, 2.45) is 0 Å². The summed E-state index contributed by atoms with van der Waals surface area (Å²) in [5.41, 5.74) is 3.15. The molecule has 1 aliphatic rings. The second-order valence-electron chi connectivity index (χ2n) is 6.43. The lowest BCUT2D eigenvalue weighted by Gasteiger charge is -2.12. The van der Waals surface area contributed by atoms with Crippen molar-refractivity contribution in [1.82, 2.24) is 15.2 Å². The predicted octanol–water partition coefficient (Wildman–Crippen LogP) is 3.02. The number of nitrogens with zero attached hydrogens (tertiary/aromatic N) is 1. The van der Waals surface area contributed by atoms with E-state index < -0.39 is 0 Å². The Morgan fingerprint density at radius 1 is 1.35 bits per heavy atom. The van der Waals surface area contributed by atoms with Crippen molar-refractivity contribution in [3.05, 3.63) is 58.7 Å². The zero-order valence-electron chi connectivity index (χ0n) is 13.5. The van der Waals surface area contributed by atoms with Gasteiger partial charge in [0.2, 0.25) is 0 Å². The molecule has 1 aliphatic carbocycles. The van der Waals surface area contributed by atoms with E-state index >= 15 is 0 Å². The maximum Gasteiger partial charge on any atom is 0.268 e. The van der Waals surface area contributed by atoms with Crippen molar-refractivity contribution >= 4 is 5.91 Å². The highest BCUT2D eigenvalue weighted by Crippen LogP contribution is 2.41. The van der Waals surface area contributed by atoms with Gasteiger partial charge in [0.25, 0.3) is 5.91 Å². The van der Waals surface area contributed by atoms with Crippen LogP contribution in [0.15, 0.2) is 30.5 Å². The van der Waals surface area contributed by atoms with Crippen LogP contribution in [0.5, 0.6) is 0 Å². The van der Waals surface area contributed by atoms with Gasteiger partial charge in [0.1, 0.15) is 11.5 Å². The third-order valence-corrected chi connectivity index (χ3v) is 4.08. The van der Waals surface area contributed by atoms with Crippen molar-refractivity contribution < 1.29 is 9.18 Å². The molecule has 2 aromatic rings. The SMILES string of the molecule is CN(C)Cc1ccc(CNC(=O)c2[nH]ccc2C2CC2)cc1F. The second-order valence-corrected chi connectivity index (χ2v) is 6.43. The van der Waals surface area contributed by atoms with E-state index in [4.69, 9.17) is 0 Å². The molecule has 3 rings (SSSR count). The molecule has 2 N–H and O–H groups in total. The predicted molar refractivity (Wildman–Crippen MR) is 87.7 cm³/mol. The van der Waals surface area contributed by atoms with Crippen molar-refractivity contribution in [3.63, 3.8) is 0 Å². The molecule has 0 unspecified atom stereocenters. The van der Waals surface area contributed by atoms with Gasteiger partial charge in [-0.15, -0.1) is 0 Å². The number of halogens is 1. The summed E-state index contributed by atoms with van der Waals surface area (Å²) in [6, 6.07) is 7.11. The van der Waals surface area contributed by atoms with E-state index in [0.717, 1.165) is 24.0 Å². The van der Waals surface area contributed by atoms with Gasteiger partial charge < -0.3 is 15.2 Å².